The Morgan fingerprint density at radius 3 is 2.84 bits per heavy atom. The molecule has 1 aliphatic rings. The largest absolute Gasteiger partial charge is 0.478 e. The molecule has 0 saturated carbocycles. The highest BCUT2D eigenvalue weighted by molar-refractivity contribution is 6.35. The Labute approximate surface area is 116 Å². The fourth-order valence-electron chi connectivity index (χ4n) is 2.77. The third kappa shape index (κ3) is 1.94. The average Bonchev–Trinajstić information content (AvgIpc) is 2.71. The SMILES string of the molecule is O=C(O)c1c(Cl)n([C@@H]2C=CCCC2)c2ccccc12. The lowest BCUT2D eigenvalue weighted by molar-refractivity contribution is 0.0699. The fraction of sp³-hybridized carbons (Fsp3) is 0.267. The Morgan fingerprint density at radius 1 is 1.37 bits per heavy atom. The summed E-state index contributed by atoms with van der Waals surface area (Å²) < 4.78 is 1.94. The minimum absolute atomic E-state index is 0.152. The number of carbonyl (C=O) groups is 1. The molecule has 2 aromatic rings. The highest BCUT2D eigenvalue weighted by Gasteiger charge is 2.24. The van der Waals surface area contributed by atoms with E-state index in [4.69, 9.17) is 11.6 Å². The van der Waals surface area contributed by atoms with Crippen molar-refractivity contribution in [1.82, 2.24) is 4.57 Å². The van der Waals surface area contributed by atoms with Crippen LogP contribution in [0.1, 0.15) is 35.7 Å². The normalized spacial score (nSPS) is 18.9. The van der Waals surface area contributed by atoms with E-state index >= 15 is 0 Å². The molecule has 1 aromatic carbocycles. The molecule has 1 heterocycles. The van der Waals surface area contributed by atoms with Gasteiger partial charge < -0.3 is 9.67 Å². The van der Waals surface area contributed by atoms with Crippen LogP contribution < -0.4 is 0 Å². The molecule has 3 nitrogen and oxygen atoms in total. The standard InChI is InChI=1S/C15H14ClNO2/c16-14-13(15(18)19)11-8-4-5-9-12(11)17(14)10-6-2-1-3-7-10/h2,4-6,8-10H,1,3,7H2,(H,18,19)/t10-/m1/s1. The summed E-state index contributed by atoms with van der Waals surface area (Å²) in [5.74, 6) is -0.972. The molecule has 0 radical (unpaired) electrons. The van der Waals surface area contributed by atoms with Crippen LogP contribution in [0.4, 0.5) is 0 Å². The topological polar surface area (TPSA) is 42.2 Å². The number of aromatic nitrogens is 1. The zero-order chi connectivity index (χ0) is 13.4. The smallest absolute Gasteiger partial charge is 0.339 e. The van der Waals surface area contributed by atoms with Crippen molar-refractivity contribution in [3.63, 3.8) is 0 Å². The Hall–Kier alpha value is -1.74. The molecule has 0 unspecified atom stereocenters. The van der Waals surface area contributed by atoms with Gasteiger partial charge in [-0.05, 0) is 25.3 Å². The number of hydrogen-bond donors (Lipinski definition) is 1. The molecule has 3 rings (SSSR count). The number of nitrogens with zero attached hydrogens (tertiary/aromatic N) is 1. The lowest BCUT2D eigenvalue weighted by Crippen LogP contribution is -2.09. The van der Waals surface area contributed by atoms with E-state index in [2.05, 4.69) is 12.2 Å². The number of rotatable bonds is 2. The third-order valence-corrected chi connectivity index (χ3v) is 4.00. The first-order valence-corrected chi connectivity index (χ1v) is 6.76. The summed E-state index contributed by atoms with van der Waals surface area (Å²) in [5, 5.41) is 10.4. The molecule has 1 atom stereocenters. The van der Waals surface area contributed by atoms with Gasteiger partial charge in [0, 0.05) is 5.39 Å². The summed E-state index contributed by atoms with van der Waals surface area (Å²) in [4.78, 5) is 11.4. The van der Waals surface area contributed by atoms with E-state index in [1.807, 2.05) is 28.8 Å². The molecule has 0 bridgehead atoms. The Morgan fingerprint density at radius 2 is 2.16 bits per heavy atom. The second-order valence-corrected chi connectivity index (χ2v) is 5.14. The van der Waals surface area contributed by atoms with Crippen molar-refractivity contribution in [2.75, 3.05) is 0 Å². The lowest BCUT2D eigenvalue weighted by Gasteiger charge is -2.20. The van der Waals surface area contributed by atoms with Crippen molar-refractivity contribution in [3.05, 3.63) is 47.1 Å². The van der Waals surface area contributed by atoms with Gasteiger partial charge in [0.25, 0.3) is 0 Å². The lowest BCUT2D eigenvalue weighted by atomic mass is 10.0. The molecular formula is C15H14ClNO2. The molecule has 0 saturated heterocycles. The number of benzene rings is 1. The first-order valence-electron chi connectivity index (χ1n) is 6.38. The summed E-state index contributed by atoms with van der Waals surface area (Å²) in [6, 6.07) is 7.64. The molecule has 0 aliphatic heterocycles. The van der Waals surface area contributed by atoms with E-state index < -0.39 is 5.97 Å². The van der Waals surface area contributed by atoms with Crippen LogP contribution in [0.25, 0.3) is 10.9 Å². The van der Waals surface area contributed by atoms with Crippen molar-refractivity contribution in [1.29, 1.82) is 0 Å². The van der Waals surface area contributed by atoms with Crippen molar-refractivity contribution >= 4 is 28.5 Å². The number of carboxylic acid groups (broad SMARTS) is 1. The summed E-state index contributed by atoms with van der Waals surface area (Å²) in [6.07, 6.45) is 7.44. The van der Waals surface area contributed by atoms with Gasteiger partial charge in [0.15, 0.2) is 0 Å². The number of para-hydroxylation sites is 1. The van der Waals surface area contributed by atoms with Gasteiger partial charge in [0.1, 0.15) is 10.7 Å². The van der Waals surface area contributed by atoms with Crippen molar-refractivity contribution in [2.45, 2.75) is 25.3 Å². The van der Waals surface area contributed by atoms with Crippen molar-refractivity contribution in [2.24, 2.45) is 0 Å². The number of aromatic carboxylic acids is 1. The predicted octanol–water partition coefficient (Wildman–Crippen LogP) is 4.27. The zero-order valence-corrected chi connectivity index (χ0v) is 11.1. The van der Waals surface area contributed by atoms with Gasteiger partial charge in [-0.15, -0.1) is 0 Å². The van der Waals surface area contributed by atoms with E-state index in [0.717, 1.165) is 24.8 Å². The van der Waals surface area contributed by atoms with Crippen molar-refractivity contribution in [3.8, 4) is 0 Å². The summed E-state index contributed by atoms with van der Waals surface area (Å²) in [6.45, 7) is 0. The molecule has 0 amide bonds. The number of carboxylic acids is 1. The van der Waals surface area contributed by atoms with Gasteiger partial charge in [0.05, 0.1) is 11.6 Å². The molecule has 0 spiro atoms. The maximum Gasteiger partial charge on any atom is 0.339 e. The molecule has 0 fully saturated rings. The van der Waals surface area contributed by atoms with Crippen molar-refractivity contribution < 1.29 is 9.90 Å². The summed E-state index contributed by atoms with van der Waals surface area (Å²) >= 11 is 6.33. The molecule has 1 aromatic heterocycles. The zero-order valence-electron chi connectivity index (χ0n) is 10.3. The van der Waals surface area contributed by atoms with Crippen LogP contribution in [0.3, 0.4) is 0 Å². The van der Waals surface area contributed by atoms with E-state index in [9.17, 15) is 9.90 Å². The number of hydrogen-bond acceptors (Lipinski definition) is 1. The molecular weight excluding hydrogens is 262 g/mol. The van der Waals surface area contributed by atoms with Gasteiger partial charge in [-0.1, -0.05) is 42.0 Å². The second-order valence-electron chi connectivity index (χ2n) is 4.78. The maximum atomic E-state index is 11.4. The van der Waals surface area contributed by atoms with Crippen LogP contribution in [0, 0.1) is 0 Å². The van der Waals surface area contributed by atoms with Crippen LogP contribution in [0.2, 0.25) is 5.15 Å². The van der Waals surface area contributed by atoms with Crippen LogP contribution in [-0.2, 0) is 0 Å². The van der Waals surface area contributed by atoms with Crippen LogP contribution in [0.5, 0.6) is 0 Å². The number of fused-ring (bicyclic) bond motifs is 1. The third-order valence-electron chi connectivity index (χ3n) is 3.63. The monoisotopic (exact) mass is 275 g/mol. The fourth-order valence-corrected chi connectivity index (χ4v) is 3.17. The average molecular weight is 276 g/mol. The van der Waals surface area contributed by atoms with Gasteiger partial charge in [-0.2, -0.15) is 0 Å². The number of halogens is 1. The predicted molar refractivity (Wildman–Crippen MR) is 75.9 cm³/mol. The number of allylic oxidation sites excluding steroid dienone is 2. The summed E-state index contributed by atoms with van der Waals surface area (Å²) in [5.41, 5.74) is 1.10. The van der Waals surface area contributed by atoms with E-state index in [1.54, 1.807) is 0 Å². The molecule has 4 heteroatoms. The van der Waals surface area contributed by atoms with Crippen LogP contribution >= 0.6 is 11.6 Å². The van der Waals surface area contributed by atoms with E-state index in [1.165, 1.54) is 0 Å². The van der Waals surface area contributed by atoms with Gasteiger partial charge >= 0.3 is 5.97 Å². The quantitative estimate of drug-likeness (QED) is 0.832. The van der Waals surface area contributed by atoms with Crippen LogP contribution in [-0.4, -0.2) is 15.6 Å². The first-order chi connectivity index (χ1) is 9.20. The second kappa shape index (κ2) is 4.74. The maximum absolute atomic E-state index is 11.4. The molecule has 1 N–H and O–H groups in total. The van der Waals surface area contributed by atoms with Gasteiger partial charge in [-0.3, -0.25) is 0 Å². The summed E-state index contributed by atoms with van der Waals surface area (Å²) in [7, 11) is 0. The molecule has 19 heavy (non-hydrogen) atoms. The van der Waals surface area contributed by atoms with Crippen LogP contribution in [0.15, 0.2) is 36.4 Å². The van der Waals surface area contributed by atoms with E-state index in [-0.39, 0.29) is 11.6 Å². The first kappa shape index (κ1) is 12.3. The minimum Gasteiger partial charge on any atom is -0.478 e. The Balaban J connectivity index is 2.29. The highest BCUT2D eigenvalue weighted by atomic mass is 35.5. The Kier molecular flexibility index (Phi) is 3.07. The van der Waals surface area contributed by atoms with E-state index in [0.29, 0.717) is 10.5 Å². The minimum atomic E-state index is -0.972. The molecule has 1 aliphatic carbocycles. The molecule has 98 valence electrons. The van der Waals surface area contributed by atoms with Gasteiger partial charge in [-0.25, -0.2) is 4.79 Å². The van der Waals surface area contributed by atoms with Gasteiger partial charge in [0.2, 0.25) is 0 Å². The highest BCUT2D eigenvalue weighted by Crippen LogP contribution is 2.36. The Bertz CT molecular complexity index is 672.